The van der Waals surface area contributed by atoms with E-state index in [0.717, 1.165) is 34.9 Å². The summed E-state index contributed by atoms with van der Waals surface area (Å²) < 4.78 is 6.17. The lowest BCUT2D eigenvalue weighted by Crippen LogP contribution is -2.36. The Morgan fingerprint density at radius 1 is 1.23 bits per heavy atom. The van der Waals surface area contributed by atoms with Crippen LogP contribution in [0, 0.1) is 6.92 Å². The second kappa shape index (κ2) is 7.20. The van der Waals surface area contributed by atoms with E-state index in [0.29, 0.717) is 18.0 Å². The third-order valence-electron chi connectivity index (χ3n) is 5.02. The van der Waals surface area contributed by atoms with E-state index in [1.165, 1.54) is 24.4 Å². The molecule has 138 valence electrons. The fourth-order valence-electron chi connectivity index (χ4n) is 3.56. The van der Waals surface area contributed by atoms with E-state index < -0.39 is 0 Å². The van der Waals surface area contributed by atoms with E-state index in [1.807, 2.05) is 29.8 Å². The van der Waals surface area contributed by atoms with Gasteiger partial charge in [0.2, 0.25) is 5.95 Å². The summed E-state index contributed by atoms with van der Waals surface area (Å²) in [4.78, 5) is 7.08. The van der Waals surface area contributed by atoms with Gasteiger partial charge in [-0.1, -0.05) is 0 Å². The molecule has 0 aliphatic heterocycles. The van der Waals surface area contributed by atoms with Gasteiger partial charge in [0.15, 0.2) is 5.82 Å². The van der Waals surface area contributed by atoms with Gasteiger partial charge in [0, 0.05) is 18.3 Å². The summed E-state index contributed by atoms with van der Waals surface area (Å²) in [7, 11) is 4.35. The average Bonchev–Trinajstić information content (AvgIpc) is 3.24. The lowest BCUT2D eigenvalue weighted by atomic mass is 9.90. The van der Waals surface area contributed by atoms with Crippen molar-refractivity contribution < 1.29 is 0 Å². The van der Waals surface area contributed by atoms with Gasteiger partial charge in [-0.15, -0.1) is 5.10 Å². The summed E-state index contributed by atoms with van der Waals surface area (Å²) in [5, 5.41) is 12.4. The Labute approximate surface area is 157 Å². The Kier molecular flexibility index (Phi) is 4.78. The van der Waals surface area contributed by atoms with Gasteiger partial charge in [-0.3, -0.25) is 0 Å². The zero-order chi connectivity index (χ0) is 18.1. The molecule has 4 rings (SSSR count). The van der Waals surface area contributed by atoms with Crippen LogP contribution in [0.1, 0.15) is 31.4 Å². The molecule has 26 heavy (non-hydrogen) atoms. The van der Waals surface area contributed by atoms with Crippen LogP contribution >= 0.6 is 11.5 Å². The van der Waals surface area contributed by atoms with Crippen LogP contribution < -0.4 is 10.6 Å². The summed E-state index contributed by atoms with van der Waals surface area (Å²) in [6.07, 6.45) is 6.72. The molecule has 1 aliphatic carbocycles. The maximum Gasteiger partial charge on any atom is 0.248 e. The van der Waals surface area contributed by atoms with Gasteiger partial charge in [-0.05, 0) is 76.4 Å². The van der Waals surface area contributed by atoms with E-state index >= 15 is 0 Å². The molecule has 2 N–H and O–H groups in total. The van der Waals surface area contributed by atoms with Crippen molar-refractivity contribution in [3.63, 3.8) is 0 Å². The lowest BCUT2D eigenvalue weighted by molar-refractivity contribution is 0.221. The molecule has 0 radical (unpaired) electrons. The molecular formula is C18H25N7S. The van der Waals surface area contributed by atoms with Crippen LogP contribution in [0.5, 0.6) is 0 Å². The number of aryl methyl sites for hydroxylation is 1. The Bertz CT molecular complexity index is 877. The molecule has 0 unspecified atom stereocenters. The predicted molar refractivity (Wildman–Crippen MR) is 106 cm³/mol. The van der Waals surface area contributed by atoms with Crippen LogP contribution in [0.2, 0.25) is 0 Å². The van der Waals surface area contributed by atoms with Gasteiger partial charge >= 0.3 is 0 Å². The topological polar surface area (TPSA) is 70.4 Å². The van der Waals surface area contributed by atoms with Gasteiger partial charge in [-0.2, -0.15) is 9.36 Å². The quantitative estimate of drug-likeness (QED) is 0.715. The van der Waals surface area contributed by atoms with Crippen LogP contribution in [-0.2, 0) is 0 Å². The van der Waals surface area contributed by atoms with Crippen molar-refractivity contribution in [1.29, 1.82) is 0 Å². The molecule has 0 amide bonds. The Balaban J connectivity index is 1.53. The van der Waals surface area contributed by atoms with Crippen LogP contribution in [0.3, 0.4) is 0 Å². The molecule has 0 saturated heterocycles. The normalized spacial score (nSPS) is 20.6. The van der Waals surface area contributed by atoms with Crippen molar-refractivity contribution in [3.05, 3.63) is 30.1 Å². The first-order valence-electron chi connectivity index (χ1n) is 9.07. The van der Waals surface area contributed by atoms with Crippen LogP contribution in [0.4, 0.5) is 16.8 Å². The first-order chi connectivity index (χ1) is 12.6. The zero-order valence-corrected chi connectivity index (χ0v) is 16.3. The molecular weight excluding hydrogens is 346 g/mol. The van der Waals surface area contributed by atoms with Gasteiger partial charge in [0.1, 0.15) is 10.5 Å². The molecule has 1 aliphatic rings. The van der Waals surface area contributed by atoms with Crippen molar-refractivity contribution in [2.75, 3.05) is 24.7 Å². The largest absolute Gasteiger partial charge is 0.365 e. The summed E-state index contributed by atoms with van der Waals surface area (Å²) in [5.74, 6) is 1.48. The molecule has 7 nitrogen and oxygen atoms in total. The molecule has 0 spiro atoms. The minimum Gasteiger partial charge on any atom is -0.365 e. The third-order valence-corrected chi connectivity index (χ3v) is 5.82. The maximum absolute atomic E-state index is 4.74. The summed E-state index contributed by atoms with van der Waals surface area (Å²) in [6, 6.07) is 7.20. The molecule has 3 aromatic rings. The maximum atomic E-state index is 4.74. The summed E-state index contributed by atoms with van der Waals surface area (Å²) in [5.41, 5.74) is 2.00. The van der Waals surface area contributed by atoms with Crippen molar-refractivity contribution in [2.24, 2.45) is 0 Å². The monoisotopic (exact) mass is 371 g/mol. The standard InChI is InChI=1S/C18H25N7S/c1-12-11-16(26-23-12)20-18-21-17(15-5-4-10-25(15)22-18)19-13-6-8-14(9-7-13)24(2)3/h4-5,10-11,13-14H,6-9H2,1-3H3,(H2,19,20,21,22)/t13-,14-. The molecule has 0 aromatic carbocycles. The molecule has 0 bridgehead atoms. The highest BCUT2D eigenvalue weighted by molar-refractivity contribution is 7.10. The van der Waals surface area contributed by atoms with Crippen LogP contribution in [0.25, 0.3) is 5.52 Å². The van der Waals surface area contributed by atoms with E-state index in [9.17, 15) is 0 Å². The lowest BCUT2D eigenvalue weighted by Gasteiger charge is -2.33. The molecule has 1 fully saturated rings. The average molecular weight is 372 g/mol. The van der Waals surface area contributed by atoms with E-state index in [-0.39, 0.29) is 0 Å². The van der Waals surface area contributed by atoms with Crippen molar-refractivity contribution in [2.45, 2.75) is 44.7 Å². The number of hydrogen-bond donors (Lipinski definition) is 2. The van der Waals surface area contributed by atoms with Gasteiger partial charge in [0.05, 0.1) is 5.69 Å². The predicted octanol–water partition coefficient (Wildman–Crippen LogP) is 3.52. The Hall–Kier alpha value is -2.19. The zero-order valence-electron chi connectivity index (χ0n) is 15.4. The number of nitrogens with zero attached hydrogens (tertiary/aromatic N) is 5. The minimum atomic E-state index is 0.457. The molecule has 3 aromatic heterocycles. The smallest absolute Gasteiger partial charge is 0.248 e. The molecule has 0 atom stereocenters. The van der Waals surface area contributed by atoms with Gasteiger partial charge in [0.25, 0.3) is 0 Å². The fourth-order valence-corrected chi connectivity index (χ4v) is 4.21. The highest BCUT2D eigenvalue weighted by Gasteiger charge is 2.23. The van der Waals surface area contributed by atoms with Crippen molar-refractivity contribution >= 4 is 33.8 Å². The Morgan fingerprint density at radius 2 is 2.04 bits per heavy atom. The van der Waals surface area contributed by atoms with Crippen molar-refractivity contribution in [1.82, 2.24) is 23.9 Å². The summed E-state index contributed by atoms with van der Waals surface area (Å²) in [6.45, 7) is 1.98. The van der Waals surface area contributed by atoms with Gasteiger partial charge < -0.3 is 15.5 Å². The number of hydrogen-bond acceptors (Lipinski definition) is 7. The number of nitrogens with one attached hydrogen (secondary N) is 2. The molecule has 1 saturated carbocycles. The summed E-state index contributed by atoms with van der Waals surface area (Å²) >= 11 is 1.42. The van der Waals surface area contributed by atoms with Gasteiger partial charge in [-0.25, -0.2) is 4.52 Å². The second-order valence-corrected chi connectivity index (χ2v) is 8.00. The number of anilines is 3. The molecule has 8 heteroatoms. The first kappa shape index (κ1) is 17.2. The minimum absolute atomic E-state index is 0.457. The second-order valence-electron chi connectivity index (χ2n) is 7.19. The molecule has 3 heterocycles. The van der Waals surface area contributed by atoms with E-state index in [4.69, 9.17) is 4.98 Å². The van der Waals surface area contributed by atoms with E-state index in [2.05, 4.69) is 45.2 Å². The van der Waals surface area contributed by atoms with Crippen molar-refractivity contribution in [3.8, 4) is 0 Å². The highest BCUT2D eigenvalue weighted by atomic mass is 32.1. The highest BCUT2D eigenvalue weighted by Crippen LogP contribution is 2.27. The van der Waals surface area contributed by atoms with E-state index in [1.54, 1.807) is 0 Å². The first-order valence-corrected chi connectivity index (χ1v) is 9.84. The van der Waals surface area contributed by atoms with Crippen LogP contribution in [-0.4, -0.2) is 50.1 Å². The number of fused-ring (bicyclic) bond motifs is 1. The fraction of sp³-hybridized carbons (Fsp3) is 0.500. The Morgan fingerprint density at radius 3 is 2.73 bits per heavy atom. The number of rotatable bonds is 5. The number of aromatic nitrogens is 4. The van der Waals surface area contributed by atoms with Crippen LogP contribution in [0.15, 0.2) is 24.4 Å². The SMILES string of the molecule is Cc1cc(Nc2nc(N[C@H]3CC[C@H](N(C)C)CC3)c3cccn3n2)sn1. The third kappa shape index (κ3) is 3.66.